The number of anilines is 1. The fourth-order valence-corrected chi connectivity index (χ4v) is 2.93. The number of hydrazine groups is 1. The highest BCUT2D eigenvalue weighted by atomic mass is 32.1. The van der Waals surface area contributed by atoms with E-state index < -0.39 is 0 Å². The lowest BCUT2D eigenvalue weighted by Gasteiger charge is -2.19. The predicted molar refractivity (Wildman–Crippen MR) is 79.2 cm³/mol. The van der Waals surface area contributed by atoms with Crippen molar-refractivity contribution in [1.82, 2.24) is 9.97 Å². The van der Waals surface area contributed by atoms with Gasteiger partial charge in [0.2, 0.25) is 0 Å². The SMILES string of the molecule is CCOC(c1nc(NN)c2cc(C)sc2n1)C(C)C. The van der Waals surface area contributed by atoms with Crippen molar-refractivity contribution < 1.29 is 4.74 Å². The van der Waals surface area contributed by atoms with Crippen LogP contribution in [-0.2, 0) is 4.74 Å². The molecule has 0 bridgehead atoms. The van der Waals surface area contributed by atoms with E-state index in [4.69, 9.17) is 10.6 Å². The molecule has 0 aliphatic rings. The van der Waals surface area contributed by atoms with Crippen LogP contribution in [0.2, 0.25) is 0 Å². The Hall–Kier alpha value is -1.24. The third-order valence-electron chi connectivity index (χ3n) is 2.88. The van der Waals surface area contributed by atoms with Crippen LogP contribution in [0.3, 0.4) is 0 Å². The summed E-state index contributed by atoms with van der Waals surface area (Å²) in [4.78, 5) is 11.3. The van der Waals surface area contributed by atoms with Crippen LogP contribution in [0.15, 0.2) is 6.07 Å². The van der Waals surface area contributed by atoms with Crippen molar-refractivity contribution in [3.63, 3.8) is 0 Å². The Morgan fingerprint density at radius 2 is 2.16 bits per heavy atom. The number of nitrogens with two attached hydrogens (primary N) is 1. The molecular weight excluding hydrogens is 260 g/mol. The topological polar surface area (TPSA) is 73.1 Å². The lowest BCUT2D eigenvalue weighted by Crippen LogP contribution is -2.17. The zero-order chi connectivity index (χ0) is 14.0. The largest absolute Gasteiger partial charge is 0.370 e. The van der Waals surface area contributed by atoms with E-state index in [0.29, 0.717) is 24.2 Å². The molecule has 0 saturated carbocycles. The molecule has 104 valence electrons. The van der Waals surface area contributed by atoms with Gasteiger partial charge < -0.3 is 10.2 Å². The summed E-state index contributed by atoms with van der Waals surface area (Å²) in [5.41, 5.74) is 2.66. The van der Waals surface area contributed by atoms with Gasteiger partial charge in [0, 0.05) is 11.5 Å². The van der Waals surface area contributed by atoms with E-state index in [1.165, 1.54) is 4.88 Å². The minimum Gasteiger partial charge on any atom is -0.370 e. The first kappa shape index (κ1) is 14.2. The van der Waals surface area contributed by atoms with Gasteiger partial charge in [-0.1, -0.05) is 13.8 Å². The van der Waals surface area contributed by atoms with Crippen LogP contribution in [0.5, 0.6) is 0 Å². The van der Waals surface area contributed by atoms with E-state index in [2.05, 4.69) is 36.2 Å². The number of hydrogen-bond donors (Lipinski definition) is 2. The summed E-state index contributed by atoms with van der Waals surface area (Å²) in [5, 5.41) is 0.966. The molecular formula is C13H20N4OS. The minimum atomic E-state index is -0.107. The second-order valence-electron chi connectivity index (χ2n) is 4.77. The van der Waals surface area contributed by atoms with Gasteiger partial charge in [-0.3, -0.25) is 0 Å². The van der Waals surface area contributed by atoms with Crippen LogP contribution in [0.1, 0.15) is 37.6 Å². The maximum Gasteiger partial charge on any atom is 0.161 e. The van der Waals surface area contributed by atoms with E-state index in [1.807, 2.05) is 13.0 Å². The first-order valence-electron chi connectivity index (χ1n) is 6.43. The van der Waals surface area contributed by atoms with Crippen molar-refractivity contribution in [2.75, 3.05) is 12.0 Å². The number of aryl methyl sites for hydroxylation is 1. The highest BCUT2D eigenvalue weighted by Crippen LogP contribution is 2.31. The fraction of sp³-hybridized carbons (Fsp3) is 0.538. The van der Waals surface area contributed by atoms with Gasteiger partial charge in [0.05, 0.1) is 5.39 Å². The molecule has 0 aliphatic carbocycles. The number of ether oxygens (including phenoxy) is 1. The molecule has 2 rings (SSSR count). The molecule has 1 atom stereocenters. The highest BCUT2D eigenvalue weighted by Gasteiger charge is 2.21. The van der Waals surface area contributed by atoms with Crippen molar-refractivity contribution in [2.45, 2.75) is 33.8 Å². The number of nitrogens with one attached hydrogen (secondary N) is 1. The molecule has 0 aromatic carbocycles. The molecule has 2 aromatic heterocycles. The Balaban J connectivity index is 2.53. The van der Waals surface area contributed by atoms with Gasteiger partial charge in [-0.25, -0.2) is 15.8 Å². The molecule has 3 N–H and O–H groups in total. The maximum atomic E-state index is 5.76. The zero-order valence-corrected chi connectivity index (χ0v) is 12.5. The number of rotatable bonds is 5. The quantitative estimate of drug-likeness (QED) is 0.650. The molecule has 0 radical (unpaired) electrons. The summed E-state index contributed by atoms with van der Waals surface area (Å²) in [5.74, 6) is 7.23. The molecule has 2 aromatic rings. The number of thiophene rings is 1. The summed E-state index contributed by atoms with van der Waals surface area (Å²) in [6, 6.07) is 2.05. The van der Waals surface area contributed by atoms with E-state index >= 15 is 0 Å². The van der Waals surface area contributed by atoms with Crippen molar-refractivity contribution in [2.24, 2.45) is 11.8 Å². The Bertz CT molecular complexity index is 567. The fourth-order valence-electron chi connectivity index (χ4n) is 2.04. The summed E-state index contributed by atoms with van der Waals surface area (Å²) in [6.07, 6.45) is -0.107. The van der Waals surface area contributed by atoms with E-state index in [9.17, 15) is 0 Å². The molecule has 19 heavy (non-hydrogen) atoms. The maximum absolute atomic E-state index is 5.76. The standard InChI is InChI=1S/C13H20N4OS/c1-5-18-10(7(2)3)12-15-11(17-14)9-6-8(4)19-13(9)16-12/h6-7,10H,5,14H2,1-4H3,(H,15,16,17). The monoisotopic (exact) mass is 280 g/mol. The molecule has 0 spiro atoms. The third kappa shape index (κ3) is 2.86. The normalized spacial score (nSPS) is 13.2. The molecule has 2 heterocycles. The third-order valence-corrected chi connectivity index (χ3v) is 3.82. The second-order valence-corrected chi connectivity index (χ2v) is 6.01. The molecule has 0 fully saturated rings. The molecule has 5 nitrogen and oxygen atoms in total. The molecule has 0 amide bonds. The molecule has 0 aliphatic heterocycles. The average molecular weight is 280 g/mol. The van der Waals surface area contributed by atoms with Crippen molar-refractivity contribution in [3.8, 4) is 0 Å². The van der Waals surface area contributed by atoms with Crippen LogP contribution in [0.4, 0.5) is 5.82 Å². The number of aromatic nitrogens is 2. The second kappa shape index (κ2) is 5.81. The smallest absolute Gasteiger partial charge is 0.161 e. The number of hydrogen-bond acceptors (Lipinski definition) is 6. The van der Waals surface area contributed by atoms with Gasteiger partial charge in [-0.05, 0) is 25.8 Å². The predicted octanol–water partition coefficient (Wildman–Crippen LogP) is 3.02. The zero-order valence-electron chi connectivity index (χ0n) is 11.7. The number of nitrogen functional groups attached to an aromatic ring is 1. The van der Waals surface area contributed by atoms with Crippen LogP contribution >= 0.6 is 11.3 Å². The van der Waals surface area contributed by atoms with Crippen LogP contribution < -0.4 is 11.3 Å². The minimum absolute atomic E-state index is 0.107. The number of nitrogens with zero attached hydrogens (tertiary/aromatic N) is 2. The molecule has 6 heteroatoms. The Morgan fingerprint density at radius 1 is 1.42 bits per heavy atom. The Kier molecular flexibility index (Phi) is 4.34. The van der Waals surface area contributed by atoms with Crippen molar-refractivity contribution in [1.29, 1.82) is 0 Å². The summed E-state index contributed by atoms with van der Waals surface area (Å²) < 4.78 is 5.76. The van der Waals surface area contributed by atoms with Crippen LogP contribution in [-0.4, -0.2) is 16.6 Å². The summed E-state index contributed by atoms with van der Waals surface area (Å²) in [7, 11) is 0. The van der Waals surface area contributed by atoms with E-state index in [0.717, 1.165) is 10.2 Å². The number of fused-ring (bicyclic) bond motifs is 1. The molecule has 1 unspecified atom stereocenters. The van der Waals surface area contributed by atoms with Gasteiger partial charge in [-0.2, -0.15) is 0 Å². The van der Waals surface area contributed by atoms with Crippen molar-refractivity contribution >= 4 is 27.4 Å². The van der Waals surface area contributed by atoms with Crippen LogP contribution in [0, 0.1) is 12.8 Å². The van der Waals surface area contributed by atoms with Gasteiger partial charge >= 0.3 is 0 Å². The Labute approximate surface area is 117 Å². The Morgan fingerprint density at radius 3 is 2.74 bits per heavy atom. The lowest BCUT2D eigenvalue weighted by atomic mass is 10.1. The average Bonchev–Trinajstić information content (AvgIpc) is 2.74. The van der Waals surface area contributed by atoms with Gasteiger partial charge in [0.15, 0.2) is 11.6 Å². The first-order valence-corrected chi connectivity index (χ1v) is 7.24. The van der Waals surface area contributed by atoms with Gasteiger partial charge in [0.25, 0.3) is 0 Å². The summed E-state index contributed by atoms with van der Waals surface area (Å²) in [6.45, 7) is 8.87. The van der Waals surface area contributed by atoms with Gasteiger partial charge in [-0.15, -0.1) is 11.3 Å². The van der Waals surface area contributed by atoms with E-state index in [1.54, 1.807) is 11.3 Å². The van der Waals surface area contributed by atoms with Crippen LogP contribution in [0.25, 0.3) is 10.2 Å². The highest BCUT2D eigenvalue weighted by molar-refractivity contribution is 7.18. The molecule has 0 saturated heterocycles. The van der Waals surface area contributed by atoms with Gasteiger partial charge in [0.1, 0.15) is 10.9 Å². The van der Waals surface area contributed by atoms with E-state index in [-0.39, 0.29) is 6.10 Å². The summed E-state index contributed by atoms with van der Waals surface area (Å²) >= 11 is 1.64. The first-order chi connectivity index (χ1) is 9.06. The lowest BCUT2D eigenvalue weighted by molar-refractivity contribution is 0.0236. The van der Waals surface area contributed by atoms with Crippen molar-refractivity contribution in [3.05, 3.63) is 16.8 Å².